The number of aromatic nitrogens is 2. The second kappa shape index (κ2) is 3.60. The van der Waals surface area contributed by atoms with E-state index >= 15 is 0 Å². The van der Waals surface area contributed by atoms with Crippen molar-refractivity contribution in [2.45, 2.75) is 27.3 Å². The molecule has 0 saturated heterocycles. The monoisotopic (exact) mass is 182 g/mol. The Balaban J connectivity index is 2.89. The summed E-state index contributed by atoms with van der Waals surface area (Å²) in [5, 5.41) is 12.7. The van der Waals surface area contributed by atoms with E-state index in [1.807, 2.05) is 0 Å². The molecule has 0 unspecified atom stereocenters. The highest BCUT2D eigenvalue weighted by molar-refractivity contribution is 5.86. The largest absolute Gasteiger partial charge is 0.476 e. The van der Waals surface area contributed by atoms with Crippen molar-refractivity contribution in [3.63, 3.8) is 0 Å². The van der Waals surface area contributed by atoms with Crippen LogP contribution in [-0.4, -0.2) is 20.9 Å². The Bertz CT molecular complexity index is 315. The van der Waals surface area contributed by atoms with Gasteiger partial charge in [-0.15, -0.1) is 0 Å². The molecule has 0 atom stereocenters. The van der Waals surface area contributed by atoms with Crippen LogP contribution in [0.15, 0.2) is 6.20 Å². The lowest BCUT2D eigenvalue weighted by molar-refractivity contribution is 0.0688. The molecule has 0 aliphatic heterocycles. The zero-order chi connectivity index (χ0) is 10.0. The van der Waals surface area contributed by atoms with Gasteiger partial charge in [-0.25, -0.2) is 4.79 Å². The summed E-state index contributed by atoms with van der Waals surface area (Å²) >= 11 is 0. The topological polar surface area (TPSA) is 55.1 Å². The number of aryl methyl sites for hydroxylation is 1. The maximum absolute atomic E-state index is 10.6. The van der Waals surface area contributed by atoms with Crippen molar-refractivity contribution >= 4 is 5.97 Å². The number of nitrogens with zero attached hydrogens (tertiary/aromatic N) is 2. The molecule has 4 nitrogen and oxygen atoms in total. The standard InChI is InChI=1S/C9H14N2O2/c1-6(2)4-11-5-7(3)8(10-11)9(12)13/h5-6H,4H2,1-3H3,(H,12,13). The summed E-state index contributed by atoms with van der Waals surface area (Å²) in [6.45, 7) is 6.65. The van der Waals surface area contributed by atoms with Gasteiger partial charge < -0.3 is 5.11 Å². The molecule has 0 aliphatic carbocycles. The van der Waals surface area contributed by atoms with E-state index in [1.165, 1.54) is 0 Å². The van der Waals surface area contributed by atoms with E-state index in [4.69, 9.17) is 5.11 Å². The predicted octanol–water partition coefficient (Wildman–Crippen LogP) is 1.55. The molecular weight excluding hydrogens is 168 g/mol. The molecule has 1 aromatic rings. The minimum absolute atomic E-state index is 0.153. The van der Waals surface area contributed by atoms with Crippen LogP contribution in [0.25, 0.3) is 0 Å². The number of carboxylic acids is 1. The van der Waals surface area contributed by atoms with Crippen LogP contribution >= 0.6 is 0 Å². The van der Waals surface area contributed by atoms with Gasteiger partial charge in [0.15, 0.2) is 5.69 Å². The van der Waals surface area contributed by atoms with E-state index in [2.05, 4.69) is 18.9 Å². The van der Waals surface area contributed by atoms with E-state index in [0.29, 0.717) is 11.5 Å². The highest BCUT2D eigenvalue weighted by atomic mass is 16.4. The summed E-state index contributed by atoms with van der Waals surface area (Å²) in [4.78, 5) is 10.6. The maximum Gasteiger partial charge on any atom is 0.356 e. The molecule has 72 valence electrons. The molecule has 0 fully saturated rings. The highest BCUT2D eigenvalue weighted by Crippen LogP contribution is 2.06. The van der Waals surface area contributed by atoms with Gasteiger partial charge in [-0.3, -0.25) is 4.68 Å². The van der Waals surface area contributed by atoms with Gasteiger partial charge >= 0.3 is 5.97 Å². The summed E-state index contributed by atoms with van der Waals surface area (Å²) in [6.07, 6.45) is 1.77. The van der Waals surface area contributed by atoms with E-state index < -0.39 is 5.97 Å². The average Bonchev–Trinajstić information content (AvgIpc) is 2.29. The van der Waals surface area contributed by atoms with Gasteiger partial charge in [-0.1, -0.05) is 13.8 Å². The second-order valence-electron chi connectivity index (χ2n) is 3.58. The van der Waals surface area contributed by atoms with Crippen molar-refractivity contribution in [2.75, 3.05) is 0 Å². The Kier molecular flexibility index (Phi) is 2.70. The van der Waals surface area contributed by atoms with Crippen molar-refractivity contribution < 1.29 is 9.90 Å². The van der Waals surface area contributed by atoms with Gasteiger partial charge in [-0.05, 0) is 12.8 Å². The molecule has 1 N–H and O–H groups in total. The first-order valence-corrected chi connectivity index (χ1v) is 4.28. The van der Waals surface area contributed by atoms with Crippen LogP contribution in [0.4, 0.5) is 0 Å². The minimum Gasteiger partial charge on any atom is -0.476 e. The van der Waals surface area contributed by atoms with Crippen LogP contribution in [0.5, 0.6) is 0 Å². The third kappa shape index (κ3) is 2.31. The maximum atomic E-state index is 10.6. The molecule has 0 aromatic carbocycles. The Labute approximate surface area is 77.2 Å². The lowest BCUT2D eigenvalue weighted by atomic mass is 10.2. The molecule has 0 bridgehead atoms. The van der Waals surface area contributed by atoms with Gasteiger partial charge in [0.25, 0.3) is 0 Å². The van der Waals surface area contributed by atoms with E-state index in [1.54, 1.807) is 17.8 Å². The van der Waals surface area contributed by atoms with Crippen LogP contribution in [0.2, 0.25) is 0 Å². The fourth-order valence-corrected chi connectivity index (χ4v) is 1.20. The van der Waals surface area contributed by atoms with Crippen molar-refractivity contribution in [3.8, 4) is 0 Å². The van der Waals surface area contributed by atoms with Crippen LogP contribution in [0.3, 0.4) is 0 Å². The highest BCUT2D eigenvalue weighted by Gasteiger charge is 2.12. The predicted molar refractivity (Wildman–Crippen MR) is 48.8 cm³/mol. The summed E-state index contributed by atoms with van der Waals surface area (Å²) in [7, 11) is 0. The Hall–Kier alpha value is -1.32. The van der Waals surface area contributed by atoms with Crippen LogP contribution in [-0.2, 0) is 6.54 Å². The Morgan fingerprint density at radius 3 is 2.69 bits per heavy atom. The average molecular weight is 182 g/mol. The smallest absolute Gasteiger partial charge is 0.356 e. The zero-order valence-corrected chi connectivity index (χ0v) is 8.11. The fraction of sp³-hybridized carbons (Fsp3) is 0.556. The molecule has 0 radical (unpaired) electrons. The first-order chi connectivity index (χ1) is 6.00. The second-order valence-corrected chi connectivity index (χ2v) is 3.58. The van der Waals surface area contributed by atoms with Crippen LogP contribution in [0, 0.1) is 12.8 Å². The summed E-state index contributed by atoms with van der Waals surface area (Å²) < 4.78 is 1.68. The summed E-state index contributed by atoms with van der Waals surface area (Å²) in [6, 6.07) is 0. The number of rotatable bonds is 3. The summed E-state index contributed by atoms with van der Waals surface area (Å²) in [5.41, 5.74) is 0.869. The molecule has 0 spiro atoms. The van der Waals surface area contributed by atoms with Gasteiger partial charge in [0.05, 0.1) is 0 Å². The molecule has 0 saturated carbocycles. The molecule has 1 rings (SSSR count). The lowest BCUT2D eigenvalue weighted by Gasteiger charge is -2.02. The van der Waals surface area contributed by atoms with Crippen LogP contribution in [0.1, 0.15) is 29.9 Å². The number of aromatic carboxylic acids is 1. The molecule has 0 aliphatic rings. The molecule has 1 heterocycles. The fourth-order valence-electron chi connectivity index (χ4n) is 1.20. The molecule has 1 aromatic heterocycles. The quantitative estimate of drug-likeness (QED) is 0.771. The number of hydrogen-bond donors (Lipinski definition) is 1. The molecule has 4 heteroatoms. The number of carbonyl (C=O) groups is 1. The van der Waals surface area contributed by atoms with Crippen molar-refractivity contribution in [2.24, 2.45) is 5.92 Å². The van der Waals surface area contributed by atoms with E-state index in [0.717, 1.165) is 6.54 Å². The SMILES string of the molecule is Cc1cn(CC(C)C)nc1C(=O)O. The normalized spacial score (nSPS) is 10.8. The van der Waals surface area contributed by atoms with Gasteiger partial charge in [0.2, 0.25) is 0 Å². The van der Waals surface area contributed by atoms with Crippen molar-refractivity contribution in [1.82, 2.24) is 9.78 Å². The molecule has 13 heavy (non-hydrogen) atoms. The van der Waals surface area contributed by atoms with Gasteiger partial charge in [-0.2, -0.15) is 5.10 Å². The first-order valence-electron chi connectivity index (χ1n) is 4.28. The summed E-state index contributed by atoms with van der Waals surface area (Å²) in [5.74, 6) is -0.485. The van der Waals surface area contributed by atoms with Gasteiger partial charge in [0.1, 0.15) is 0 Å². The van der Waals surface area contributed by atoms with Crippen molar-refractivity contribution in [1.29, 1.82) is 0 Å². The number of hydrogen-bond acceptors (Lipinski definition) is 2. The van der Waals surface area contributed by atoms with E-state index in [-0.39, 0.29) is 5.69 Å². The Morgan fingerprint density at radius 2 is 2.31 bits per heavy atom. The lowest BCUT2D eigenvalue weighted by Crippen LogP contribution is -2.06. The number of carboxylic acid groups (broad SMARTS) is 1. The van der Waals surface area contributed by atoms with Crippen molar-refractivity contribution in [3.05, 3.63) is 17.5 Å². The minimum atomic E-state index is -0.958. The first kappa shape index (κ1) is 9.77. The third-order valence-electron chi connectivity index (χ3n) is 1.70. The zero-order valence-electron chi connectivity index (χ0n) is 8.11. The Morgan fingerprint density at radius 1 is 1.69 bits per heavy atom. The molecule has 0 amide bonds. The van der Waals surface area contributed by atoms with E-state index in [9.17, 15) is 4.79 Å². The molecular formula is C9H14N2O2. The van der Waals surface area contributed by atoms with Gasteiger partial charge in [0, 0.05) is 18.3 Å². The third-order valence-corrected chi connectivity index (χ3v) is 1.70. The van der Waals surface area contributed by atoms with Crippen LogP contribution < -0.4 is 0 Å².